The molecule has 0 saturated heterocycles. The molecule has 0 aliphatic rings. The van der Waals surface area contributed by atoms with Gasteiger partial charge < -0.3 is 5.32 Å². The monoisotopic (exact) mass is 442 g/mol. The van der Waals surface area contributed by atoms with Gasteiger partial charge in [-0.05, 0) is 60.2 Å². The Kier molecular flexibility index (Phi) is 4.97. The van der Waals surface area contributed by atoms with Gasteiger partial charge >= 0.3 is 0 Å². The predicted octanol–water partition coefficient (Wildman–Crippen LogP) is 5.68. The number of hydrogen-bond acceptors (Lipinski definition) is 4. The highest BCUT2D eigenvalue weighted by molar-refractivity contribution is 7.80. The quantitative estimate of drug-likeness (QED) is 0.353. The first-order chi connectivity index (χ1) is 15.1. The van der Waals surface area contributed by atoms with Crippen molar-refractivity contribution in [1.29, 1.82) is 0 Å². The van der Waals surface area contributed by atoms with E-state index in [1.54, 1.807) is 0 Å². The van der Waals surface area contributed by atoms with E-state index >= 15 is 0 Å². The van der Waals surface area contributed by atoms with Crippen molar-refractivity contribution in [2.24, 2.45) is 0 Å². The average Bonchev–Trinajstić information content (AvgIpc) is 3.35. The molecule has 0 bridgehead atoms. The maximum atomic E-state index is 12.8. The van der Waals surface area contributed by atoms with Crippen LogP contribution in [0.15, 0.2) is 78.9 Å². The Morgan fingerprint density at radius 2 is 1.71 bits per heavy atom. The van der Waals surface area contributed by atoms with Crippen LogP contribution in [0.5, 0.6) is 0 Å². The molecule has 2 N–H and O–H groups in total. The van der Waals surface area contributed by atoms with Crippen molar-refractivity contribution in [2.75, 3.05) is 5.32 Å². The van der Waals surface area contributed by atoms with Gasteiger partial charge in [-0.2, -0.15) is 5.10 Å². The summed E-state index contributed by atoms with van der Waals surface area (Å²) >= 11 is 6.77. The summed E-state index contributed by atoms with van der Waals surface area (Å²) in [5.74, 6) is -0.237. The van der Waals surface area contributed by atoms with Crippen LogP contribution in [0.4, 0.5) is 5.69 Å². The van der Waals surface area contributed by atoms with Gasteiger partial charge in [-0.3, -0.25) is 10.1 Å². The van der Waals surface area contributed by atoms with E-state index in [-0.39, 0.29) is 11.0 Å². The molecule has 5 aromatic rings. The molecule has 0 fully saturated rings. The molecule has 0 spiro atoms. The molecule has 3 aromatic carbocycles. The number of carbonyl (C=O) groups excluding carboxylic acids is 1. The summed E-state index contributed by atoms with van der Waals surface area (Å²) in [6, 6.07) is 25.8. The van der Waals surface area contributed by atoms with E-state index < -0.39 is 0 Å². The maximum Gasteiger partial charge on any atom is 0.267 e. The van der Waals surface area contributed by atoms with E-state index in [9.17, 15) is 4.79 Å². The topological polar surface area (TPSA) is 59.0 Å². The molecular formula is C24H18N4OS2. The number of thiophene rings is 1. The van der Waals surface area contributed by atoms with Crippen LogP contribution in [0.25, 0.3) is 26.7 Å². The molecule has 31 heavy (non-hydrogen) atoms. The van der Waals surface area contributed by atoms with Crippen molar-refractivity contribution >= 4 is 61.3 Å². The Balaban J connectivity index is 1.35. The minimum absolute atomic E-state index is 0.237. The van der Waals surface area contributed by atoms with Crippen LogP contribution in [0.2, 0.25) is 0 Å². The summed E-state index contributed by atoms with van der Waals surface area (Å²) in [7, 11) is 0. The number of hydrogen-bond donors (Lipinski definition) is 2. The van der Waals surface area contributed by atoms with Crippen molar-refractivity contribution in [2.45, 2.75) is 6.92 Å². The van der Waals surface area contributed by atoms with E-state index in [2.05, 4.69) is 21.8 Å². The lowest BCUT2D eigenvalue weighted by Gasteiger charge is -2.09. The number of nitrogens with zero attached hydrogens (tertiary/aromatic N) is 2. The summed E-state index contributed by atoms with van der Waals surface area (Å²) in [4.78, 5) is 14.3. The van der Waals surface area contributed by atoms with E-state index in [4.69, 9.17) is 12.2 Å². The van der Waals surface area contributed by atoms with Gasteiger partial charge in [-0.25, -0.2) is 4.68 Å². The normalized spacial score (nSPS) is 11.0. The molecule has 2 aromatic heterocycles. The molecule has 0 aliphatic carbocycles. The standard InChI is InChI=1S/C24H18N4OS2/c1-15-20-14-21(31-23(20)28(27-15)19-9-3-2-4-10-19)22(29)26-24(30)25-18-12-11-16-7-5-6-8-17(16)13-18/h2-14H,1H3,(H2,25,26,29,30). The zero-order valence-electron chi connectivity index (χ0n) is 16.6. The first kappa shape index (κ1) is 19.4. The number of rotatable bonds is 3. The SMILES string of the molecule is Cc1nn(-c2ccccc2)c2sc(C(=O)NC(=S)Nc3ccc4ccccc4c3)cc12. The molecule has 152 valence electrons. The molecule has 5 rings (SSSR count). The number of para-hydroxylation sites is 1. The Bertz CT molecular complexity index is 1440. The number of benzene rings is 3. The van der Waals surface area contributed by atoms with Crippen molar-refractivity contribution in [3.8, 4) is 5.69 Å². The summed E-state index contributed by atoms with van der Waals surface area (Å²) in [6.07, 6.45) is 0. The minimum atomic E-state index is -0.237. The summed E-state index contributed by atoms with van der Waals surface area (Å²) < 4.78 is 1.87. The molecule has 2 heterocycles. The van der Waals surface area contributed by atoms with E-state index in [1.807, 2.05) is 84.4 Å². The number of aryl methyl sites for hydroxylation is 1. The average molecular weight is 443 g/mol. The first-order valence-electron chi connectivity index (χ1n) is 9.74. The Morgan fingerprint density at radius 1 is 0.968 bits per heavy atom. The Morgan fingerprint density at radius 3 is 2.52 bits per heavy atom. The summed E-state index contributed by atoms with van der Waals surface area (Å²) in [5.41, 5.74) is 2.67. The molecule has 7 heteroatoms. The van der Waals surface area contributed by atoms with Crippen LogP contribution in [0, 0.1) is 6.92 Å². The number of fused-ring (bicyclic) bond motifs is 2. The third-order valence-corrected chi connectivity index (χ3v) is 6.32. The van der Waals surface area contributed by atoms with Gasteiger partial charge in [0, 0.05) is 11.1 Å². The van der Waals surface area contributed by atoms with Crippen molar-refractivity contribution in [3.63, 3.8) is 0 Å². The number of anilines is 1. The van der Waals surface area contributed by atoms with Gasteiger partial charge in [-0.15, -0.1) is 11.3 Å². The lowest BCUT2D eigenvalue weighted by molar-refractivity contribution is 0.0981. The van der Waals surface area contributed by atoms with E-state index in [0.717, 1.165) is 38.1 Å². The van der Waals surface area contributed by atoms with Crippen LogP contribution in [0.1, 0.15) is 15.4 Å². The zero-order valence-corrected chi connectivity index (χ0v) is 18.3. The smallest absolute Gasteiger partial charge is 0.267 e. The number of carbonyl (C=O) groups is 1. The highest BCUT2D eigenvalue weighted by Crippen LogP contribution is 2.30. The van der Waals surface area contributed by atoms with Crippen LogP contribution < -0.4 is 10.6 Å². The number of nitrogens with one attached hydrogen (secondary N) is 2. The van der Waals surface area contributed by atoms with Crippen LogP contribution in [0.3, 0.4) is 0 Å². The van der Waals surface area contributed by atoms with Crippen molar-refractivity contribution in [1.82, 2.24) is 15.1 Å². The summed E-state index contributed by atoms with van der Waals surface area (Å²) in [6.45, 7) is 1.95. The van der Waals surface area contributed by atoms with Gasteiger partial charge in [0.15, 0.2) is 5.11 Å². The second-order valence-corrected chi connectivity index (χ2v) is 8.57. The zero-order chi connectivity index (χ0) is 21.4. The van der Waals surface area contributed by atoms with Gasteiger partial charge in [0.2, 0.25) is 0 Å². The number of thiocarbonyl (C=S) groups is 1. The molecule has 0 atom stereocenters. The third kappa shape index (κ3) is 3.81. The lowest BCUT2D eigenvalue weighted by Crippen LogP contribution is -2.33. The van der Waals surface area contributed by atoms with Gasteiger partial charge in [0.25, 0.3) is 5.91 Å². The number of aromatic nitrogens is 2. The lowest BCUT2D eigenvalue weighted by atomic mass is 10.1. The van der Waals surface area contributed by atoms with Crippen LogP contribution in [-0.2, 0) is 0 Å². The molecule has 5 nitrogen and oxygen atoms in total. The highest BCUT2D eigenvalue weighted by Gasteiger charge is 2.18. The predicted molar refractivity (Wildman–Crippen MR) is 131 cm³/mol. The fourth-order valence-corrected chi connectivity index (χ4v) is 4.79. The summed E-state index contributed by atoms with van der Waals surface area (Å²) in [5, 5.41) is 14.0. The Labute approximate surface area is 188 Å². The molecule has 1 amide bonds. The third-order valence-electron chi connectivity index (χ3n) is 5.00. The largest absolute Gasteiger partial charge is 0.332 e. The second kappa shape index (κ2) is 7.94. The molecular weight excluding hydrogens is 424 g/mol. The maximum absolute atomic E-state index is 12.8. The Hall–Kier alpha value is -3.55. The highest BCUT2D eigenvalue weighted by atomic mass is 32.1. The molecule has 0 radical (unpaired) electrons. The fraction of sp³-hybridized carbons (Fsp3) is 0.0417. The van der Waals surface area contributed by atoms with Gasteiger partial charge in [0.05, 0.1) is 16.3 Å². The van der Waals surface area contributed by atoms with E-state index in [1.165, 1.54) is 11.3 Å². The van der Waals surface area contributed by atoms with Crippen molar-refractivity contribution < 1.29 is 4.79 Å². The minimum Gasteiger partial charge on any atom is -0.332 e. The molecule has 0 aliphatic heterocycles. The fourth-order valence-electron chi connectivity index (χ4n) is 3.50. The number of amides is 1. The van der Waals surface area contributed by atoms with Gasteiger partial charge in [0.1, 0.15) is 4.83 Å². The molecule has 0 unspecified atom stereocenters. The van der Waals surface area contributed by atoms with Gasteiger partial charge in [-0.1, -0.05) is 48.5 Å². The van der Waals surface area contributed by atoms with Crippen LogP contribution in [-0.4, -0.2) is 20.8 Å². The van der Waals surface area contributed by atoms with Crippen molar-refractivity contribution in [3.05, 3.63) is 89.4 Å². The first-order valence-corrected chi connectivity index (χ1v) is 11.0. The second-order valence-electron chi connectivity index (χ2n) is 7.13. The van der Waals surface area contributed by atoms with Crippen LogP contribution >= 0.6 is 23.6 Å². The van der Waals surface area contributed by atoms with E-state index in [0.29, 0.717) is 4.88 Å². The molecule has 0 saturated carbocycles.